The highest BCUT2D eigenvalue weighted by Crippen LogP contribution is 2.21. The summed E-state index contributed by atoms with van der Waals surface area (Å²) in [5.41, 5.74) is 0.991. The number of hydrogen-bond acceptors (Lipinski definition) is 3. The van der Waals surface area contributed by atoms with E-state index in [2.05, 4.69) is 26.1 Å². The Labute approximate surface area is 127 Å². The lowest BCUT2D eigenvalue weighted by molar-refractivity contribution is -0.135. The first-order chi connectivity index (χ1) is 9.49. The molecule has 0 aromatic heterocycles. The summed E-state index contributed by atoms with van der Waals surface area (Å²) < 4.78 is 13.9. The predicted molar refractivity (Wildman–Crippen MR) is 79.9 cm³/mol. The molecule has 6 heteroatoms. The van der Waals surface area contributed by atoms with Crippen LogP contribution in [-0.2, 0) is 11.3 Å². The zero-order valence-corrected chi connectivity index (χ0v) is 13.3. The van der Waals surface area contributed by atoms with Crippen molar-refractivity contribution in [2.24, 2.45) is 0 Å². The molecule has 1 saturated heterocycles. The summed E-state index contributed by atoms with van der Waals surface area (Å²) in [6.07, 6.45) is 0. The molecule has 110 valence electrons. The minimum absolute atomic E-state index is 0.0930. The van der Waals surface area contributed by atoms with Crippen molar-refractivity contribution in [3.63, 3.8) is 0 Å². The number of rotatable bonds is 3. The number of likely N-dealkylation sites (N-methyl/N-ethyl adjacent to an activating group) is 1. The van der Waals surface area contributed by atoms with Crippen LogP contribution in [0.4, 0.5) is 4.39 Å². The van der Waals surface area contributed by atoms with Crippen LogP contribution in [0.5, 0.6) is 0 Å². The van der Waals surface area contributed by atoms with Gasteiger partial charge in [0, 0.05) is 44.7 Å². The summed E-state index contributed by atoms with van der Waals surface area (Å²) in [6, 6.07) is 4.50. The topological polar surface area (TPSA) is 35.6 Å². The number of nitrogens with zero attached hydrogens (tertiary/aromatic N) is 2. The molecule has 1 N–H and O–H groups in total. The van der Waals surface area contributed by atoms with Gasteiger partial charge in [0.15, 0.2) is 0 Å². The van der Waals surface area contributed by atoms with E-state index in [1.165, 1.54) is 12.1 Å². The van der Waals surface area contributed by atoms with Crippen molar-refractivity contribution < 1.29 is 9.18 Å². The van der Waals surface area contributed by atoms with Crippen molar-refractivity contribution in [1.29, 1.82) is 0 Å². The van der Waals surface area contributed by atoms with Crippen LogP contribution in [0.2, 0.25) is 0 Å². The van der Waals surface area contributed by atoms with Gasteiger partial charge in [-0.15, -0.1) is 0 Å². The van der Waals surface area contributed by atoms with Crippen molar-refractivity contribution >= 4 is 21.8 Å². The van der Waals surface area contributed by atoms with Gasteiger partial charge in [0.1, 0.15) is 11.9 Å². The summed E-state index contributed by atoms with van der Waals surface area (Å²) in [5, 5.41) is 3.25. The molecule has 1 atom stereocenters. The van der Waals surface area contributed by atoms with Gasteiger partial charge in [-0.1, -0.05) is 22.0 Å². The van der Waals surface area contributed by atoms with Crippen molar-refractivity contribution in [2.75, 3.05) is 33.7 Å². The number of amides is 1. The number of piperazine rings is 1. The quantitative estimate of drug-likeness (QED) is 0.902. The van der Waals surface area contributed by atoms with Crippen LogP contribution in [0.15, 0.2) is 22.7 Å². The molecule has 1 aromatic carbocycles. The molecule has 1 unspecified atom stereocenters. The lowest BCUT2D eigenvalue weighted by Gasteiger charge is -2.36. The zero-order chi connectivity index (χ0) is 14.7. The number of nitrogens with one attached hydrogen (secondary N) is 1. The van der Waals surface area contributed by atoms with E-state index in [4.69, 9.17) is 0 Å². The molecular formula is C14H19BrFN3O. The van der Waals surface area contributed by atoms with Gasteiger partial charge in [-0.3, -0.25) is 9.69 Å². The third kappa shape index (κ3) is 3.56. The number of benzene rings is 1. The van der Waals surface area contributed by atoms with E-state index in [-0.39, 0.29) is 17.8 Å². The van der Waals surface area contributed by atoms with Gasteiger partial charge >= 0.3 is 0 Å². The zero-order valence-electron chi connectivity index (χ0n) is 11.7. The lowest BCUT2D eigenvalue weighted by atomic mass is 10.1. The summed E-state index contributed by atoms with van der Waals surface area (Å²) >= 11 is 3.38. The number of hydrogen-bond donors (Lipinski definition) is 1. The van der Waals surface area contributed by atoms with E-state index in [9.17, 15) is 9.18 Å². The second-order valence-corrected chi connectivity index (χ2v) is 6.01. The number of halogens is 2. The van der Waals surface area contributed by atoms with Crippen LogP contribution in [0, 0.1) is 5.82 Å². The predicted octanol–water partition coefficient (Wildman–Crippen LogP) is 1.45. The Morgan fingerprint density at radius 3 is 2.95 bits per heavy atom. The van der Waals surface area contributed by atoms with Crippen LogP contribution < -0.4 is 5.32 Å². The second kappa shape index (κ2) is 6.65. The van der Waals surface area contributed by atoms with Gasteiger partial charge in [0.2, 0.25) is 5.91 Å². The fourth-order valence-corrected chi connectivity index (χ4v) is 2.82. The lowest BCUT2D eigenvalue weighted by Crippen LogP contribution is -2.57. The van der Waals surface area contributed by atoms with Crippen LogP contribution in [0.3, 0.4) is 0 Å². The van der Waals surface area contributed by atoms with Crippen molar-refractivity contribution in [2.45, 2.75) is 12.6 Å². The molecule has 1 heterocycles. The summed E-state index contributed by atoms with van der Waals surface area (Å²) in [7, 11) is 3.53. The maximum atomic E-state index is 13.1. The molecule has 1 aliphatic heterocycles. The molecule has 0 radical (unpaired) electrons. The Kier molecular flexibility index (Phi) is 5.12. The summed E-state index contributed by atoms with van der Waals surface area (Å²) in [4.78, 5) is 16.0. The standard InChI is InChI=1S/C14H19BrFN3O/c1-18(2)14(20)13-8-17-5-6-19(13)9-10-3-4-11(16)7-12(10)15/h3-4,7,13,17H,5-6,8-9H2,1-2H3. The number of carbonyl (C=O) groups excluding carboxylic acids is 1. The van der Waals surface area contributed by atoms with Gasteiger partial charge in [-0.25, -0.2) is 4.39 Å². The van der Waals surface area contributed by atoms with Crippen LogP contribution in [0.1, 0.15) is 5.56 Å². The highest BCUT2D eigenvalue weighted by Gasteiger charge is 2.29. The van der Waals surface area contributed by atoms with Crippen LogP contribution in [0.25, 0.3) is 0 Å². The van der Waals surface area contributed by atoms with E-state index in [1.807, 2.05) is 0 Å². The van der Waals surface area contributed by atoms with Crippen LogP contribution >= 0.6 is 15.9 Å². The molecule has 1 aromatic rings. The maximum Gasteiger partial charge on any atom is 0.240 e. The minimum Gasteiger partial charge on any atom is -0.347 e. The Morgan fingerprint density at radius 1 is 1.55 bits per heavy atom. The van der Waals surface area contributed by atoms with Crippen LogP contribution in [-0.4, -0.2) is 55.5 Å². The molecule has 2 rings (SSSR count). The molecule has 20 heavy (non-hydrogen) atoms. The fraction of sp³-hybridized carbons (Fsp3) is 0.500. The monoisotopic (exact) mass is 343 g/mol. The molecule has 1 fully saturated rings. The van der Waals surface area contributed by atoms with Gasteiger partial charge in [-0.05, 0) is 17.7 Å². The summed E-state index contributed by atoms with van der Waals surface area (Å²) in [6.45, 7) is 2.94. The molecule has 1 amide bonds. The Hall–Kier alpha value is -0.980. The third-order valence-electron chi connectivity index (χ3n) is 3.47. The first-order valence-electron chi connectivity index (χ1n) is 6.59. The second-order valence-electron chi connectivity index (χ2n) is 5.16. The third-order valence-corrected chi connectivity index (χ3v) is 4.21. The van der Waals surface area contributed by atoms with E-state index >= 15 is 0 Å². The fourth-order valence-electron chi connectivity index (χ4n) is 2.35. The molecule has 0 bridgehead atoms. The molecule has 0 spiro atoms. The SMILES string of the molecule is CN(C)C(=O)C1CNCCN1Cc1ccc(F)cc1Br. The van der Waals surface area contributed by atoms with E-state index in [0.717, 1.165) is 23.1 Å². The minimum atomic E-state index is -0.262. The molecule has 1 aliphatic rings. The van der Waals surface area contributed by atoms with Gasteiger partial charge in [-0.2, -0.15) is 0 Å². The molecular weight excluding hydrogens is 325 g/mol. The first kappa shape index (κ1) is 15.4. The maximum absolute atomic E-state index is 13.1. The van der Waals surface area contributed by atoms with Gasteiger partial charge in [0.05, 0.1) is 0 Å². The average Bonchev–Trinajstić information content (AvgIpc) is 2.41. The Morgan fingerprint density at radius 2 is 2.30 bits per heavy atom. The number of carbonyl (C=O) groups is 1. The molecule has 4 nitrogen and oxygen atoms in total. The van der Waals surface area contributed by atoms with Crippen molar-refractivity contribution in [3.05, 3.63) is 34.1 Å². The van der Waals surface area contributed by atoms with E-state index in [0.29, 0.717) is 13.1 Å². The van der Waals surface area contributed by atoms with Gasteiger partial charge in [0.25, 0.3) is 0 Å². The molecule has 0 saturated carbocycles. The highest BCUT2D eigenvalue weighted by molar-refractivity contribution is 9.10. The Balaban J connectivity index is 2.14. The molecule has 0 aliphatic carbocycles. The first-order valence-corrected chi connectivity index (χ1v) is 7.38. The normalized spacial score (nSPS) is 19.9. The Bertz CT molecular complexity index is 495. The van der Waals surface area contributed by atoms with Crippen molar-refractivity contribution in [3.8, 4) is 0 Å². The largest absolute Gasteiger partial charge is 0.347 e. The highest BCUT2D eigenvalue weighted by atomic mass is 79.9. The smallest absolute Gasteiger partial charge is 0.240 e. The summed E-state index contributed by atoms with van der Waals surface area (Å²) in [5.74, 6) is -0.169. The van der Waals surface area contributed by atoms with Crippen molar-refractivity contribution in [1.82, 2.24) is 15.1 Å². The van der Waals surface area contributed by atoms with E-state index < -0.39 is 0 Å². The average molecular weight is 344 g/mol. The van der Waals surface area contributed by atoms with Gasteiger partial charge < -0.3 is 10.2 Å². The van der Waals surface area contributed by atoms with E-state index in [1.54, 1.807) is 25.1 Å².